The Morgan fingerprint density at radius 3 is 2.79 bits per heavy atom. The molecule has 0 saturated heterocycles. The summed E-state index contributed by atoms with van der Waals surface area (Å²) in [6.07, 6.45) is 1.25. The summed E-state index contributed by atoms with van der Waals surface area (Å²) in [5.41, 5.74) is 4.37. The number of para-hydroxylation sites is 1. The first-order valence-corrected chi connectivity index (χ1v) is 10.2. The van der Waals surface area contributed by atoms with Crippen molar-refractivity contribution < 1.29 is 9.72 Å². The molecule has 1 N–H and O–H groups in total. The topological polar surface area (TPSA) is 97.5 Å². The molecule has 142 valence electrons. The monoisotopic (exact) mass is 432 g/mol. The molecule has 28 heavy (non-hydrogen) atoms. The van der Waals surface area contributed by atoms with Crippen molar-refractivity contribution in [2.45, 2.75) is 4.34 Å². The fourth-order valence-corrected chi connectivity index (χ4v) is 3.93. The van der Waals surface area contributed by atoms with Crippen molar-refractivity contribution >= 4 is 52.5 Å². The molecule has 1 heterocycles. The second-order valence-corrected chi connectivity index (χ2v) is 7.92. The van der Waals surface area contributed by atoms with Crippen LogP contribution in [0.2, 0.25) is 5.02 Å². The van der Waals surface area contributed by atoms with Crippen molar-refractivity contribution in [2.24, 2.45) is 5.10 Å². The van der Waals surface area contributed by atoms with E-state index in [1.54, 1.807) is 30.3 Å². The summed E-state index contributed by atoms with van der Waals surface area (Å²) in [7, 11) is 0. The minimum absolute atomic E-state index is 0.0765. The second-order valence-electron chi connectivity index (χ2n) is 5.40. The summed E-state index contributed by atoms with van der Waals surface area (Å²) in [5.74, 6) is -0.204. The van der Waals surface area contributed by atoms with Gasteiger partial charge in [0.05, 0.1) is 28.1 Å². The number of hydrogen-bond donors (Lipinski definition) is 1. The van der Waals surface area contributed by atoms with Crippen molar-refractivity contribution in [3.8, 4) is 11.3 Å². The normalized spacial score (nSPS) is 10.9. The first kappa shape index (κ1) is 20.0. The van der Waals surface area contributed by atoms with E-state index < -0.39 is 4.92 Å². The maximum Gasteiger partial charge on any atom is 0.278 e. The highest BCUT2D eigenvalue weighted by Gasteiger charge is 2.11. The maximum atomic E-state index is 11.9. The third kappa shape index (κ3) is 5.38. The number of aromatic nitrogens is 1. The number of halogens is 1. The Kier molecular flexibility index (Phi) is 6.75. The number of nitro benzene ring substituents is 1. The van der Waals surface area contributed by atoms with Gasteiger partial charge in [0.15, 0.2) is 4.34 Å². The van der Waals surface area contributed by atoms with Crippen molar-refractivity contribution in [2.75, 3.05) is 5.75 Å². The molecule has 0 spiro atoms. The molecule has 1 aromatic heterocycles. The minimum atomic E-state index is -0.500. The first-order chi connectivity index (χ1) is 13.5. The van der Waals surface area contributed by atoms with Crippen LogP contribution in [0.4, 0.5) is 5.69 Å². The predicted molar refractivity (Wildman–Crippen MR) is 112 cm³/mol. The highest BCUT2D eigenvalue weighted by molar-refractivity contribution is 8.01. The highest BCUT2D eigenvalue weighted by atomic mass is 35.5. The number of nitro groups is 1. The smallest absolute Gasteiger partial charge is 0.272 e. The largest absolute Gasteiger partial charge is 0.278 e. The van der Waals surface area contributed by atoms with Crippen molar-refractivity contribution in [1.82, 2.24) is 10.4 Å². The number of hydrazone groups is 1. The van der Waals surface area contributed by atoms with E-state index in [0.717, 1.165) is 15.6 Å². The third-order valence-electron chi connectivity index (χ3n) is 3.48. The molecule has 1 amide bonds. The van der Waals surface area contributed by atoms with Gasteiger partial charge < -0.3 is 0 Å². The van der Waals surface area contributed by atoms with Crippen LogP contribution in [0.15, 0.2) is 63.4 Å². The van der Waals surface area contributed by atoms with Crippen LogP contribution in [-0.4, -0.2) is 27.8 Å². The Morgan fingerprint density at radius 2 is 2.04 bits per heavy atom. The molecule has 0 unspecified atom stereocenters. The molecule has 3 rings (SSSR count). The van der Waals surface area contributed by atoms with Crippen LogP contribution in [0.1, 0.15) is 5.56 Å². The first-order valence-electron chi connectivity index (χ1n) is 7.92. The Bertz CT molecular complexity index is 1020. The van der Waals surface area contributed by atoms with Gasteiger partial charge in [-0.05, 0) is 18.2 Å². The van der Waals surface area contributed by atoms with Crippen molar-refractivity contribution in [1.29, 1.82) is 0 Å². The number of benzene rings is 2. The van der Waals surface area contributed by atoms with Gasteiger partial charge in [-0.15, -0.1) is 11.3 Å². The number of nitrogens with zero attached hydrogens (tertiary/aromatic N) is 3. The molecule has 10 heteroatoms. The van der Waals surface area contributed by atoms with E-state index in [4.69, 9.17) is 11.6 Å². The van der Waals surface area contributed by atoms with Gasteiger partial charge in [-0.2, -0.15) is 5.10 Å². The van der Waals surface area contributed by atoms with Gasteiger partial charge in [-0.3, -0.25) is 14.9 Å². The molecule has 0 atom stereocenters. The highest BCUT2D eigenvalue weighted by Crippen LogP contribution is 2.28. The molecule has 7 nitrogen and oxygen atoms in total. The van der Waals surface area contributed by atoms with E-state index in [1.165, 1.54) is 35.4 Å². The minimum Gasteiger partial charge on any atom is -0.272 e. The average molecular weight is 433 g/mol. The van der Waals surface area contributed by atoms with Crippen LogP contribution in [0.25, 0.3) is 11.3 Å². The number of rotatable bonds is 7. The molecule has 0 aliphatic carbocycles. The van der Waals surface area contributed by atoms with E-state index in [1.807, 2.05) is 17.5 Å². The summed E-state index contributed by atoms with van der Waals surface area (Å²) in [6, 6.07) is 13.5. The number of amides is 1. The summed E-state index contributed by atoms with van der Waals surface area (Å²) < 4.78 is 0.753. The molecule has 0 saturated carbocycles. The maximum absolute atomic E-state index is 11.9. The molecule has 2 aromatic carbocycles. The number of thioether (sulfide) groups is 1. The molecule has 0 fully saturated rings. The standard InChI is InChI=1S/C18H13ClN4O3S2/c19-14-7-5-12(6-8-14)15-10-27-18(21-15)28-11-17(24)22-20-9-13-3-1-2-4-16(13)23(25)26/h1-10H,11H2,(H,22,24)/b20-9+. The van der Waals surface area contributed by atoms with Gasteiger partial charge in [-0.25, -0.2) is 10.4 Å². The fourth-order valence-electron chi connectivity index (χ4n) is 2.17. The molecular formula is C18H13ClN4O3S2. The van der Waals surface area contributed by atoms with Gasteiger partial charge in [0, 0.05) is 22.0 Å². The zero-order valence-electron chi connectivity index (χ0n) is 14.2. The Morgan fingerprint density at radius 1 is 1.29 bits per heavy atom. The lowest BCUT2D eigenvalue weighted by molar-refractivity contribution is -0.385. The summed E-state index contributed by atoms with van der Waals surface area (Å²) in [6.45, 7) is 0. The Balaban J connectivity index is 1.52. The average Bonchev–Trinajstić information content (AvgIpc) is 3.16. The van der Waals surface area contributed by atoms with Crippen LogP contribution >= 0.6 is 34.7 Å². The Labute approximate surface area is 173 Å². The quantitative estimate of drug-likeness (QED) is 0.254. The van der Waals surface area contributed by atoms with E-state index in [9.17, 15) is 14.9 Å². The fraction of sp³-hybridized carbons (Fsp3) is 0.0556. The van der Waals surface area contributed by atoms with Gasteiger partial charge in [0.1, 0.15) is 0 Å². The molecule has 3 aromatic rings. The van der Waals surface area contributed by atoms with Gasteiger partial charge in [0.2, 0.25) is 0 Å². The second kappa shape index (κ2) is 9.45. The third-order valence-corrected chi connectivity index (χ3v) is 5.75. The van der Waals surface area contributed by atoms with Crippen LogP contribution in [-0.2, 0) is 4.79 Å². The van der Waals surface area contributed by atoms with Gasteiger partial charge in [0.25, 0.3) is 11.6 Å². The predicted octanol–water partition coefficient (Wildman–Crippen LogP) is 4.61. The summed E-state index contributed by atoms with van der Waals surface area (Å²) >= 11 is 8.61. The number of nitrogens with one attached hydrogen (secondary N) is 1. The van der Waals surface area contributed by atoms with Crippen LogP contribution < -0.4 is 5.43 Å². The van der Waals surface area contributed by atoms with E-state index in [0.29, 0.717) is 10.6 Å². The number of hydrogen-bond acceptors (Lipinski definition) is 7. The van der Waals surface area contributed by atoms with E-state index >= 15 is 0 Å². The Hall–Kier alpha value is -2.75. The van der Waals surface area contributed by atoms with Crippen LogP contribution in [0, 0.1) is 10.1 Å². The van der Waals surface area contributed by atoms with Gasteiger partial charge >= 0.3 is 0 Å². The molecular weight excluding hydrogens is 420 g/mol. The molecule has 0 radical (unpaired) electrons. The number of carbonyl (C=O) groups excluding carboxylic acids is 1. The lowest BCUT2D eigenvalue weighted by atomic mass is 10.2. The molecule has 0 aliphatic heterocycles. The summed E-state index contributed by atoms with van der Waals surface area (Å²) in [5, 5.41) is 17.3. The number of thiazole rings is 1. The van der Waals surface area contributed by atoms with E-state index in [2.05, 4.69) is 15.5 Å². The number of carbonyl (C=O) groups is 1. The van der Waals surface area contributed by atoms with Crippen molar-refractivity contribution in [3.63, 3.8) is 0 Å². The summed E-state index contributed by atoms with van der Waals surface area (Å²) in [4.78, 5) is 26.8. The van der Waals surface area contributed by atoms with E-state index in [-0.39, 0.29) is 17.3 Å². The zero-order chi connectivity index (χ0) is 19.9. The molecule has 0 bridgehead atoms. The van der Waals surface area contributed by atoms with Crippen molar-refractivity contribution in [3.05, 3.63) is 74.6 Å². The lowest BCUT2D eigenvalue weighted by Gasteiger charge is -1.99. The van der Waals surface area contributed by atoms with Crippen LogP contribution in [0.3, 0.4) is 0 Å². The van der Waals surface area contributed by atoms with Gasteiger partial charge in [-0.1, -0.05) is 47.6 Å². The molecule has 0 aliphatic rings. The van der Waals surface area contributed by atoms with Crippen LogP contribution in [0.5, 0.6) is 0 Å². The zero-order valence-corrected chi connectivity index (χ0v) is 16.6. The lowest BCUT2D eigenvalue weighted by Crippen LogP contribution is -2.19. The SMILES string of the molecule is O=C(CSc1nc(-c2ccc(Cl)cc2)cs1)N/N=C/c1ccccc1[N+](=O)[O-].